The zero-order valence-electron chi connectivity index (χ0n) is 7.49. The normalized spacial score (nSPS) is 9.93. The molecule has 1 aromatic rings. The third kappa shape index (κ3) is 2.13. The molecule has 14 heavy (non-hydrogen) atoms. The van der Waals surface area contributed by atoms with Gasteiger partial charge < -0.3 is 10.5 Å². The highest BCUT2D eigenvalue weighted by Gasteiger charge is 2.17. The van der Waals surface area contributed by atoms with Crippen molar-refractivity contribution in [1.82, 2.24) is 0 Å². The molecular formula is C8H9IN2O3. The molecule has 0 aliphatic rings. The van der Waals surface area contributed by atoms with E-state index >= 15 is 0 Å². The van der Waals surface area contributed by atoms with Gasteiger partial charge in [0, 0.05) is 10.1 Å². The Morgan fingerprint density at radius 3 is 2.71 bits per heavy atom. The number of nitro groups is 1. The van der Waals surface area contributed by atoms with Crippen molar-refractivity contribution < 1.29 is 9.66 Å². The van der Waals surface area contributed by atoms with E-state index in [0.29, 0.717) is 11.3 Å². The first-order valence-corrected chi connectivity index (χ1v) is 4.89. The topological polar surface area (TPSA) is 78.4 Å². The first kappa shape index (κ1) is 11.2. The van der Waals surface area contributed by atoms with Crippen molar-refractivity contribution in [3.8, 4) is 5.75 Å². The van der Waals surface area contributed by atoms with Gasteiger partial charge in [0.05, 0.1) is 23.7 Å². The highest BCUT2D eigenvalue weighted by molar-refractivity contribution is 14.1. The first-order chi connectivity index (χ1) is 6.60. The number of halogens is 1. The average Bonchev–Trinajstić information content (AvgIpc) is 2.16. The molecule has 2 N–H and O–H groups in total. The summed E-state index contributed by atoms with van der Waals surface area (Å²) in [6.45, 7) is 0.151. The van der Waals surface area contributed by atoms with E-state index in [2.05, 4.69) is 0 Å². The number of hydrogen-bond acceptors (Lipinski definition) is 4. The molecule has 0 unspecified atom stereocenters. The van der Waals surface area contributed by atoms with Crippen LogP contribution in [0.4, 0.5) is 5.69 Å². The van der Waals surface area contributed by atoms with Crippen LogP contribution in [-0.2, 0) is 6.54 Å². The van der Waals surface area contributed by atoms with Crippen molar-refractivity contribution in [1.29, 1.82) is 0 Å². The zero-order chi connectivity index (χ0) is 10.7. The van der Waals surface area contributed by atoms with Gasteiger partial charge in [-0.05, 0) is 28.7 Å². The number of benzene rings is 1. The van der Waals surface area contributed by atoms with Crippen LogP contribution in [0.2, 0.25) is 0 Å². The lowest BCUT2D eigenvalue weighted by molar-refractivity contribution is -0.385. The van der Waals surface area contributed by atoms with Crippen LogP contribution in [0.15, 0.2) is 12.1 Å². The zero-order valence-corrected chi connectivity index (χ0v) is 9.65. The number of rotatable bonds is 3. The lowest BCUT2D eigenvalue weighted by Gasteiger charge is -2.05. The maximum absolute atomic E-state index is 10.7. The Morgan fingerprint density at radius 1 is 1.64 bits per heavy atom. The first-order valence-electron chi connectivity index (χ1n) is 3.81. The third-order valence-electron chi connectivity index (χ3n) is 1.78. The van der Waals surface area contributed by atoms with Gasteiger partial charge >= 0.3 is 0 Å². The molecule has 1 aromatic carbocycles. The van der Waals surface area contributed by atoms with Crippen LogP contribution < -0.4 is 10.5 Å². The van der Waals surface area contributed by atoms with Gasteiger partial charge in [-0.2, -0.15) is 0 Å². The molecule has 0 aliphatic carbocycles. The molecule has 5 nitrogen and oxygen atoms in total. The Morgan fingerprint density at radius 2 is 2.29 bits per heavy atom. The van der Waals surface area contributed by atoms with Gasteiger partial charge in [-0.3, -0.25) is 10.1 Å². The largest absolute Gasteiger partial charge is 0.496 e. The summed E-state index contributed by atoms with van der Waals surface area (Å²) >= 11 is 2.00. The predicted molar refractivity (Wildman–Crippen MR) is 60.3 cm³/mol. The fourth-order valence-electron chi connectivity index (χ4n) is 1.08. The van der Waals surface area contributed by atoms with Crippen LogP contribution in [0, 0.1) is 13.7 Å². The van der Waals surface area contributed by atoms with Crippen LogP contribution in [-0.4, -0.2) is 12.0 Å². The van der Waals surface area contributed by atoms with E-state index in [1.807, 2.05) is 22.6 Å². The summed E-state index contributed by atoms with van der Waals surface area (Å²) in [7, 11) is 1.47. The molecule has 76 valence electrons. The molecule has 1 rings (SSSR count). The van der Waals surface area contributed by atoms with Crippen LogP contribution in [0.1, 0.15) is 5.56 Å². The maximum Gasteiger partial charge on any atom is 0.278 e. The summed E-state index contributed by atoms with van der Waals surface area (Å²) in [4.78, 5) is 10.2. The molecule has 0 spiro atoms. The summed E-state index contributed by atoms with van der Waals surface area (Å²) in [5, 5.41) is 10.7. The van der Waals surface area contributed by atoms with Gasteiger partial charge in [0.2, 0.25) is 0 Å². The van der Waals surface area contributed by atoms with Gasteiger partial charge in [-0.1, -0.05) is 0 Å². The van der Waals surface area contributed by atoms with Crippen molar-refractivity contribution in [2.75, 3.05) is 7.11 Å². The molecule has 0 amide bonds. The van der Waals surface area contributed by atoms with E-state index in [9.17, 15) is 10.1 Å². The molecule has 6 heteroatoms. The van der Waals surface area contributed by atoms with Crippen molar-refractivity contribution >= 4 is 28.3 Å². The smallest absolute Gasteiger partial charge is 0.278 e. The highest BCUT2D eigenvalue weighted by Crippen LogP contribution is 2.29. The summed E-state index contributed by atoms with van der Waals surface area (Å²) in [6.07, 6.45) is 0. The fraction of sp³-hybridized carbons (Fsp3) is 0.250. The average molecular weight is 308 g/mol. The van der Waals surface area contributed by atoms with E-state index in [1.165, 1.54) is 13.2 Å². The van der Waals surface area contributed by atoms with Gasteiger partial charge in [0.15, 0.2) is 0 Å². The number of nitrogens with zero attached hydrogens (tertiary/aromatic N) is 1. The maximum atomic E-state index is 10.7. The van der Waals surface area contributed by atoms with Crippen molar-refractivity contribution in [2.45, 2.75) is 6.54 Å². The van der Waals surface area contributed by atoms with Crippen LogP contribution in [0.3, 0.4) is 0 Å². The van der Waals surface area contributed by atoms with Crippen molar-refractivity contribution in [3.63, 3.8) is 0 Å². The van der Waals surface area contributed by atoms with Crippen molar-refractivity contribution in [3.05, 3.63) is 31.4 Å². The van der Waals surface area contributed by atoms with Gasteiger partial charge in [0.25, 0.3) is 5.69 Å². The Labute approximate surface area is 94.5 Å². The summed E-state index contributed by atoms with van der Waals surface area (Å²) in [5.74, 6) is 0.471. The fourth-order valence-corrected chi connectivity index (χ4v) is 1.88. The van der Waals surface area contributed by atoms with E-state index in [4.69, 9.17) is 10.5 Å². The van der Waals surface area contributed by atoms with E-state index < -0.39 is 4.92 Å². The molecule has 0 bridgehead atoms. The number of methoxy groups -OCH3 is 1. The van der Waals surface area contributed by atoms with Crippen LogP contribution in [0.25, 0.3) is 0 Å². The lowest BCUT2D eigenvalue weighted by atomic mass is 10.2. The lowest BCUT2D eigenvalue weighted by Crippen LogP contribution is -2.04. The Hall–Kier alpha value is -0.890. The molecule has 0 radical (unpaired) electrons. The van der Waals surface area contributed by atoms with Gasteiger partial charge in [-0.25, -0.2) is 0 Å². The molecule has 0 heterocycles. The van der Waals surface area contributed by atoms with Crippen LogP contribution >= 0.6 is 22.6 Å². The van der Waals surface area contributed by atoms with E-state index in [1.54, 1.807) is 6.07 Å². The molecule has 0 aliphatic heterocycles. The van der Waals surface area contributed by atoms with E-state index in [0.717, 1.165) is 3.57 Å². The number of nitro benzene ring substituents is 1. The number of nitrogens with two attached hydrogens (primary N) is 1. The quantitative estimate of drug-likeness (QED) is 0.523. The molecule has 0 saturated carbocycles. The van der Waals surface area contributed by atoms with Gasteiger partial charge in [-0.15, -0.1) is 0 Å². The molecule has 0 fully saturated rings. The molecule has 0 saturated heterocycles. The minimum absolute atomic E-state index is 0.0104. The van der Waals surface area contributed by atoms with Crippen molar-refractivity contribution in [2.24, 2.45) is 5.73 Å². The minimum Gasteiger partial charge on any atom is -0.496 e. The summed E-state index contributed by atoms with van der Waals surface area (Å²) in [5.41, 5.74) is 5.98. The van der Waals surface area contributed by atoms with E-state index in [-0.39, 0.29) is 12.2 Å². The Bertz CT molecular complexity index is 368. The SMILES string of the molecule is COc1cc(I)c(CN)c([N+](=O)[O-])c1. The number of hydrogen-bond donors (Lipinski definition) is 1. The summed E-state index contributed by atoms with van der Waals surface area (Å²) in [6, 6.07) is 3.10. The Balaban J connectivity index is 3.35. The minimum atomic E-state index is -0.452. The monoisotopic (exact) mass is 308 g/mol. The third-order valence-corrected chi connectivity index (χ3v) is 2.74. The Kier molecular flexibility index (Phi) is 3.64. The second-order valence-corrected chi connectivity index (χ2v) is 3.73. The second kappa shape index (κ2) is 4.56. The predicted octanol–water partition coefficient (Wildman–Crippen LogP) is 1.67. The molecule has 0 aromatic heterocycles. The highest BCUT2D eigenvalue weighted by atomic mass is 127. The molecule has 0 atom stereocenters. The molecular weight excluding hydrogens is 299 g/mol. The van der Waals surface area contributed by atoms with Crippen LogP contribution in [0.5, 0.6) is 5.75 Å². The van der Waals surface area contributed by atoms with Gasteiger partial charge in [0.1, 0.15) is 5.75 Å². The standard InChI is InChI=1S/C8H9IN2O3/c1-14-5-2-7(9)6(4-10)8(3-5)11(12)13/h2-3H,4,10H2,1H3. The number of ether oxygens (including phenoxy) is 1. The second-order valence-electron chi connectivity index (χ2n) is 2.57. The summed E-state index contributed by atoms with van der Waals surface area (Å²) < 4.78 is 5.68.